The summed E-state index contributed by atoms with van der Waals surface area (Å²) in [6, 6.07) is 12.3. The third kappa shape index (κ3) is 5.89. The molecular formula is C22H21BrN2O5S. The zero-order valence-corrected chi connectivity index (χ0v) is 19.4. The van der Waals surface area contributed by atoms with E-state index in [2.05, 4.69) is 21.2 Å². The molecule has 0 spiro atoms. The van der Waals surface area contributed by atoms with Crippen LogP contribution in [-0.4, -0.2) is 42.2 Å². The summed E-state index contributed by atoms with van der Waals surface area (Å²) in [6.07, 6.45) is 2.47. The smallest absolute Gasteiger partial charge is 0.294 e. The van der Waals surface area contributed by atoms with Crippen LogP contribution in [0.3, 0.4) is 0 Å². The number of hydrogen-bond donors (Lipinski definition) is 1. The Morgan fingerprint density at radius 3 is 2.58 bits per heavy atom. The first-order chi connectivity index (χ1) is 14.9. The minimum Gasteiger partial charge on any atom is -0.493 e. The van der Waals surface area contributed by atoms with Crippen LogP contribution in [0.1, 0.15) is 18.9 Å². The van der Waals surface area contributed by atoms with Crippen molar-refractivity contribution in [3.8, 4) is 11.5 Å². The summed E-state index contributed by atoms with van der Waals surface area (Å²) in [4.78, 5) is 38.5. The van der Waals surface area contributed by atoms with Crippen molar-refractivity contribution in [2.75, 3.05) is 25.6 Å². The topological polar surface area (TPSA) is 84.9 Å². The van der Waals surface area contributed by atoms with Gasteiger partial charge in [-0.25, -0.2) is 0 Å². The second kappa shape index (κ2) is 10.5. The summed E-state index contributed by atoms with van der Waals surface area (Å²) < 4.78 is 11.9. The Morgan fingerprint density at radius 2 is 1.90 bits per heavy atom. The number of amides is 3. The summed E-state index contributed by atoms with van der Waals surface area (Å²) in [5, 5.41) is 2.19. The number of methoxy groups -OCH3 is 1. The van der Waals surface area contributed by atoms with E-state index >= 15 is 0 Å². The lowest BCUT2D eigenvalue weighted by Gasteiger charge is -2.12. The molecule has 3 rings (SSSR count). The number of benzene rings is 2. The zero-order chi connectivity index (χ0) is 22.4. The highest BCUT2D eigenvalue weighted by atomic mass is 79.9. The second-order valence-electron chi connectivity index (χ2n) is 6.58. The van der Waals surface area contributed by atoms with Gasteiger partial charge in [-0.15, -0.1) is 0 Å². The van der Waals surface area contributed by atoms with Crippen LogP contribution in [0.5, 0.6) is 11.5 Å². The maximum absolute atomic E-state index is 12.7. The lowest BCUT2D eigenvalue weighted by molar-refractivity contribution is -0.127. The number of hydrogen-bond acceptors (Lipinski definition) is 6. The van der Waals surface area contributed by atoms with Crippen molar-refractivity contribution in [2.24, 2.45) is 0 Å². The molecule has 0 aromatic heterocycles. The van der Waals surface area contributed by atoms with Gasteiger partial charge in [0.05, 0.1) is 18.6 Å². The van der Waals surface area contributed by atoms with Crippen molar-refractivity contribution in [2.45, 2.75) is 13.3 Å². The number of halogens is 1. The summed E-state index contributed by atoms with van der Waals surface area (Å²) in [5.41, 5.74) is 1.26. The highest BCUT2D eigenvalue weighted by Gasteiger charge is 2.36. The second-order valence-corrected chi connectivity index (χ2v) is 8.49. The molecule has 0 unspecified atom stereocenters. The first kappa shape index (κ1) is 22.9. The van der Waals surface area contributed by atoms with Gasteiger partial charge < -0.3 is 14.8 Å². The molecule has 9 heteroatoms. The van der Waals surface area contributed by atoms with Crippen LogP contribution < -0.4 is 14.8 Å². The van der Waals surface area contributed by atoms with E-state index in [9.17, 15) is 14.4 Å². The monoisotopic (exact) mass is 504 g/mol. The van der Waals surface area contributed by atoms with Crippen LogP contribution in [0.25, 0.3) is 6.08 Å². The molecular weight excluding hydrogens is 484 g/mol. The molecule has 1 aliphatic heterocycles. The zero-order valence-electron chi connectivity index (χ0n) is 17.0. The molecule has 2 aromatic rings. The van der Waals surface area contributed by atoms with E-state index in [1.165, 1.54) is 7.11 Å². The highest BCUT2D eigenvalue weighted by Crippen LogP contribution is 2.34. The maximum atomic E-state index is 12.7. The molecule has 1 aliphatic rings. The van der Waals surface area contributed by atoms with Gasteiger partial charge in [0.1, 0.15) is 6.54 Å². The number of carbonyl (C=O) groups is 3. The molecule has 1 heterocycles. The standard InChI is InChI=1S/C22H21BrN2O5S/c1-3-10-30-17-9-4-14(11-18(17)29-2)12-19-21(27)25(22(28)31-19)13-20(26)24-16-7-5-15(23)6-8-16/h4-9,11-12H,3,10,13H2,1-2H3,(H,24,26)/b19-12-. The maximum Gasteiger partial charge on any atom is 0.294 e. The average Bonchev–Trinajstić information content (AvgIpc) is 3.01. The van der Waals surface area contributed by atoms with Crippen LogP contribution in [0, 0.1) is 0 Å². The third-order valence-corrected chi connectivity index (χ3v) is 5.69. The summed E-state index contributed by atoms with van der Waals surface area (Å²) >= 11 is 4.12. The largest absolute Gasteiger partial charge is 0.493 e. The van der Waals surface area contributed by atoms with Gasteiger partial charge in [-0.05, 0) is 66.2 Å². The fraction of sp³-hybridized carbons (Fsp3) is 0.227. The van der Waals surface area contributed by atoms with Crippen LogP contribution in [-0.2, 0) is 9.59 Å². The minimum absolute atomic E-state index is 0.241. The molecule has 0 saturated carbocycles. The van der Waals surface area contributed by atoms with E-state index in [0.29, 0.717) is 29.4 Å². The Bertz CT molecular complexity index is 1020. The number of anilines is 1. The minimum atomic E-state index is -0.508. The molecule has 0 radical (unpaired) electrons. The third-order valence-electron chi connectivity index (χ3n) is 4.25. The van der Waals surface area contributed by atoms with Crippen molar-refractivity contribution in [1.82, 2.24) is 4.90 Å². The van der Waals surface area contributed by atoms with Gasteiger partial charge in [-0.1, -0.05) is 28.9 Å². The molecule has 3 amide bonds. The number of nitrogens with zero attached hydrogens (tertiary/aromatic N) is 1. The number of ether oxygens (including phenoxy) is 2. The van der Waals surface area contributed by atoms with Gasteiger partial charge in [0.2, 0.25) is 5.91 Å². The molecule has 1 N–H and O–H groups in total. The Morgan fingerprint density at radius 1 is 1.16 bits per heavy atom. The summed E-state index contributed by atoms with van der Waals surface area (Å²) in [6.45, 7) is 2.22. The number of rotatable bonds is 8. The van der Waals surface area contributed by atoms with Gasteiger partial charge in [-0.3, -0.25) is 19.3 Å². The molecule has 1 fully saturated rings. The molecule has 0 atom stereocenters. The lowest BCUT2D eigenvalue weighted by atomic mass is 10.2. The van der Waals surface area contributed by atoms with Crippen LogP contribution >= 0.6 is 27.7 Å². The van der Waals surface area contributed by atoms with Gasteiger partial charge in [0.15, 0.2) is 11.5 Å². The number of nitrogens with one attached hydrogen (secondary N) is 1. The molecule has 162 valence electrons. The quantitative estimate of drug-likeness (QED) is 0.513. The SMILES string of the molecule is CCCOc1ccc(/C=C2\SC(=O)N(CC(=O)Nc3ccc(Br)cc3)C2=O)cc1OC. The van der Waals surface area contributed by atoms with Crippen LogP contribution in [0.4, 0.5) is 10.5 Å². The number of thioether (sulfide) groups is 1. The molecule has 0 bridgehead atoms. The van der Waals surface area contributed by atoms with Crippen molar-refractivity contribution < 1.29 is 23.9 Å². The van der Waals surface area contributed by atoms with Crippen LogP contribution in [0.2, 0.25) is 0 Å². The van der Waals surface area contributed by atoms with Crippen molar-refractivity contribution in [1.29, 1.82) is 0 Å². The predicted octanol–water partition coefficient (Wildman–Crippen LogP) is 4.92. The van der Waals surface area contributed by atoms with Crippen molar-refractivity contribution in [3.05, 3.63) is 57.4 Å². The van der Waals surface area contributed by atoms with Gasteiger partial charge in [0, 0.05) is 10.2 Å². The normalized spacial score (nSPS) is 14.8. The van der Waals surface area contributed by atoms with E-state index < -0.39 is 17.1 Å². The molecule has 1 saturated heterocycles. The first-order valence-corrected chi connectivity index (χ1v) is 11.1. The van der Waals surface area contributed by atoms with Crippen LogP contribution in [0.15, 0.2) is 51.8 Å². The molecule has 7 nitrogen and oxygen atoms in total. The number of imide groups is 1. The molecule has 31 heavy (non-hydrogen) atoms. The van der Waals surface area contributed by atoms with E-state index in [1.54, 1.807) is 48.5 Å². The average molecular weight is 505 g/mol. The predicted molar refractivity (Wildman–Crippen MR) is 124 cm³/mol. The summed E-state index contributed by atoms with van der Waals surface area (Å²) in [7, 11) is 1.54. The number of carbonyl (C=O) groups excluding carboxylic acids is 3. The first-order valence-electron chi connectivity index (χ1n) is 9.53. The highest BCUT2D eigenvalue weighted by molar-refractivity contribution is 9.10. The molecule has 0 aliphatic carbocycles. The van der Waals surface area contributed by atoms with E-state index in [4.69, 9.17) is 9.47 Å². The van der Waals surface area contributed by atoms with Crippen molar-refractivity contribution in [3.63, 3.8) is 0 Å². The Hall–Kier alpha value is -2.78. The Labute approximate surface area is 192 Å². The van der Waals surface area contributed by atoms with E-state index in [1.807, 2.05) is 6.92 Å². The van der Waals surface area contributed by atoms with Crippen molar-refractivity contribution >= 4 is 56.5 Å². The summed E-state index contributed by atoms with van der Waals surface area (Å²) in [5.74, 6) is 0.186. The fourth-order valence-electron chi connectivity index (χ4n) is 2.77. The fourth-order valence-corrected chi connectivity index (χ4v) is 3.87. The van der Waals surface area contributed by atoms with Gasteiger partial charge in [0.25, 0.3) is 11.1 Å². The lowest BCUT2D eigenvalue weighted by Crippen LogP contribution is -2.36. The van der Waals surface area contributed by atoms with Gasteiger partial charge >= 0.3 is 0 Å². The Kier molecular flexibility index (Phi) is 7.75. The van der Waals surface area contributed by atoms with Gasteiger partial charge in [-0.2, -0.15) is 0 Å². The Balaban J connectivity index is 1.69. The van der Waals surface area contributed by atoms with E-state index in [-0.39, 0.29) is 11.4 Å². The molecule has 2 aromatic carbocycles. The van der Waals surface area contributed by atoms with E-state index in [0.717, 1.165) is 27.6 Å².